The molecule has 1 aromatic rings. The number of hydrogen-bond donors (Lipinski definition) is 3. The van der Waals surface area contributed by atoms with Gasteiger partial charge in [-0.1, -0.05) is 39.3 Å². The van der Waals surface area contributed by atoms with Crippen LogP contribution in [-0.2, 0) is 20.9 Å². The van der Waals surface area contributed by atoms with Crippen molar-refractivity contribution in [2.24, 2.45) is 23.0 Å². The van der Waals surface area contributed by atoms with Crippen LogP contribution in [0.1, 0.15) is 83.8 Å². The molecule has 2 heterocycles. The van der Waals surface area contributed by atoms with E-state index in [1.807, 2.05) is 32.2 Å². The second kappa shape index (κ2) is 13.4. The van der Waals surface area contributed by atoms with Crippen molar-refractivity contribution in [3.05, 3.63) is 33.8 Å². The van der Waals surface area contributed by atoms with E-state index < -0.39 is 35.6 Å². The third-order valence-electron chi connectivity index (χ3n) is 7.04. The summed E-state index contributed by atoms with van der Waals surface area (Å²) in [6, 6.07) is 0. The zero-order chi connectivity index (χ0) is 26.2. The highest BCUT2D eigenvalue weighted by Crippen LogP contribution is 2.33. The Morgan fingerprint density at radius 1 is 1.31 bits per heavy atom. The second-order valence-corrected chi connectivity index (χ2v) is 11.2. The van der Waals surface area contributed by atoms with Gasteiger partial charge in [-0.2, -0.15) is 0 Å². The Hall–Kier alpha value is -1.87. The fraction of sp³-hybridized carbons (Fsp3) is 0.667. The smallest absolute Gasteiger partial charge is 0.309 e. The molecule has 35 heavy (non-hydrogen) atoms. The first-order chi connectivity index (χ1) is 16.5. The fourth-order valence-corrected chi connectivity index (χ4v) is 5.05. The van der Waals surface area contributed by atoms with Crippen LogP contribution in [0.5, 0.6) is 0 Å². The van der Waals surface area contributed by atoms with Gasteiger partial charge >= 0.3 is 5.97 Å². The molecular weight excluding hydrogens is 464 g/mol. The van der Waals surface area contributed by atoms with Gasteiger partial charge in [0.1, 0.15) is 16.9 Å². The van der Waals surface area contributed by atoms with Crippen LogP contribution in [-0.4, -0.2) is 45.3 Å². The number of nitrogens with zero attached hydrogens (tertiary/aromatic N) is 1. The summed E-state index contributed by atoms with van der Waals surface area (Å²) < 4.78 is 5.70. The molecule has 1 aliphatic heterocycles. The van der Waals surface area contributed by atoms with Crippen molar-refractivity contribution in [2.75, 3.05) is 0 Å². The molecule has 0 fully saturated rings. The molecule has 0 spiro atoms. The lowest BCUT2D eigenvalue weighted by Crippen LogP contribution is -2.46. The summed E-state index contributed by atoms with van der Waals surface area (Å²) in [7, 11) is 0. The molecule has 0 aromatic carbocycles. The number of rotatable bonds is 4. The number of esters is 1. The zero-order valence-corrected chi connectivity index (χ0v) is 22.5. The van der Waals surface area contributed by atoms with Crippen LogP contribution in [0.15, 0.2) is 23.1 Å². The van der Waals surface area contributed by atoms with Crippen molar-refractivity contribution >= 4 is 29.2 Å². The van der Waals surface area contributed by atoms with E-state index in [1.54, 1.807) is 19.9 Å². The van der Waals surface area contributed by atoms with E-state index >= 15 is 0 Å². The van der Waals surface area contributed by atoms with Gasteiger partial charge in [0.15, 0.2) is 0 Å². The SMILES string of the molecule is CC[C@H]1C(=O)C(C)(C)[C@@H](O)CC(=O)O[C@H](C=Cc2csc(CN)n2)C/C=C(/C)CCCC(C)C1O. The predicted octanol–water partition coefficient (Wildman–Crippen LogP) is 4.42. The van der Waals surface area contributed by atoms with E-state index in [9.17, 15) is 19.8 Å². The Labute approximate surface area is 213 Å². The van der Waals surface area contributed by atoms with E-state index in [-0.39, 0.29) is 18.1 Å². The van der Waals surface area contributed by atoms with Crippen LogP contribution >= 0.6 is 11.3 Å². The Bertz CT molecular complexity index is 907. The minimum absolute atomic E-state index is 0.0466. The first-order valence-electron chi connectivity index (χ1n) is 12.6. The minimum Gasteiger partial charge on any atom is -0.458 e. The molecule has 0 radical (unpaired) electrons. The highest BCUT2D eigenvalue weighted by atomic mass is 32.1. The molecule has 0 amide bonds. The summed E-state index contributed by atoms with van der Waals surface area (Å²) >= 11 is 1.48. The Kier molecular flexibility index (Phi) is 11.3. The molecular formula is C27H42N2O5S. The molecule has 1 aliphatic rings. The van der Waals surface area contributed by atoms with Crippen LogP contribution in [0.3, 0.4) is 0 Å². The number of allylic oxidation sites excluding steroid dienone is 1. The van der Waals surface area contributed by atoms with E-state index in [0.29, 0.717) is 19.4 Å². The van der Waals surface area contributed by atoms with Crippen molar-refractivity contribution < 1.29 is 24.5 Å². The van der Waals surface area contributed by atoms with Crippen molar-refractivity contribution in [1.29, 1.82) is 0 Å². The summed E-state index contributed by atoms with van der Waals surface area (Å²) in [5.41, 5.74) is 6.38. The van der Waals surface area contributed by atoms with E-state index in [0.717, 1.165) is 30.0 Å². The zero-order valence-electron chi connectivity index (χ0n) is 21.7. The normalized spacial score (nSPS) is 31.2. The maximum Gasteiger partial charge on any atom is 0.309 e. The summed E-state index contributed by atoms with van der Waals surface area (Å²) in [5, 5.41) is 24.5. The Morgan fingerprint density at radius 3 is 2.66 bits per heavy atom. The first kappa shape index (κ1) is 29.4. The molecule has 4 N–H and O–H groups in total. The molecule has 0 bridgehead atoms. The fourth-order valence-electron chi connectivity index (χ4n) is 4.41. The highest BCUT2D eigenvalue weighted by molar-refractivity contribution is 7.09. The number of cyclic esters (lactones) is 1. The topological polar surface area (TPSA) is 123 Å². The molecule has 0 aliphatic carbocycles. The second-order valence-electron chi connectivity index (χ2n) is 10.2. The van der Waals surface area contributed by atoms with Gasteiger partial charge in [-0.05, 0) is 50.7 Å². The van der Waals surface area contributed by atoms with Crippen LogP contribution < -0.4 is 5.73 Å². The number of nitrogens with two attached hydrogens (primary N) is 1. The lowest BCUT2D eigenvalue weighted by Gasteiger charge is -2.35. The van der Waals surface area contributed by atoms with Gasteiger partial charge in [0.05, 0.1) is 29.7 Å². The van der Waals surface area contributed by atoms with E-state index in [2.05, 4.69) is 11.1 Å². The molecule has 0 saturated carbocycles. The van der Waals surface area contributed by atoms with Gasteiger partial charge in [-0.3, -0.25) is 9.59 Å². The maximum absolute atomic E-state index is 13.4. The van der Waals surface area contributed by atoms with Gasteiger partial charge in [0, 0.05) is 24.3 Å². The molecule has 196 valence electrons. The predicted molar refractivity (Wildman–Crippen MR) is 140 cm³/mol. The minimum atomic E-state index is -1.22. The van der Waals surface area contributed by atoms with Gasteiger partial charge in [-0.25, -0.2) is 4.98 Å². The van der Waals surface area contributed by atoms with Gasteiger partial charge in [0.2, 0.25) is 0 Å². The van der Waals surface area contributed by atoms with Crippen LogP contribution in [0, 0.1) is 17.3 Å². The van der Waals surface area contributed by atoms with Crippen LogP contribution in [0.2, 0.25) is 0 Å². The number of aliphatic hydroxyl groups excluding tert-OH is 2. The van der Waals surface area contributed by atoms with Gasteiger partial charge < -0.3 is 20.7 Å². The molecule has 8 heteroatoms. The number of aromatic nitrogens is 1. The summed E-state index contributed by atoms with van der Waals surface area (Å²) in [5.74, 6) is -1.44. The summed E-state index contributed by atoms with van der Waals surface area (Å²) in [6.07, 6.45) is 6.36. The van der Waals surface area contributed by atoms with E-state index in [4.69, 9.17) is 10.5 Å². The maximum atomic E-state index is 13.4. The average molecular weight is 507 g/mol. The lowest BCUT2D eigenvalue weighted by atomic mass is 9.71. The lowest BCUT2D eigenvalue weighted by molar-refractivity contribution is -0.154. The third kappa shape index (κ3) is 8.34. The Morgan fingerprint density at radius 2 is 2.03 bits per heavy atom. The first-order valence-corrected chi connectivity index (χ1v) is 13.5. The Balaban J connectivity index is 2.29. The van der Waals surface area contributed by atoms with Gasteiger partial charge in [0.25, 0.3) is 0 Å². The standard InChI is InChI=1S/C27H42N2O5S/c1-6-21-25(32)18(3)9-7-8-17(2)10-12-20(13-11-19-16-35-23(15-28)29-19)34-24(31)14-22(30)27(4,5)26(21)33/h10-11,13,16,18,20-22,25,30,32H,6-9,12,14-15,28H2,1-5H3/b13-11?,17-10-/t18?,20-,21+,22-,25?/m0/s1. The monoisotopic (exact) mass is 506 g/mol. The van der Waals surface area contributed by atoms with Crippen molar-refractivity contribution in [3.8, 4) is 0 Å². The largest absolute Gasteiger partial charge is 0.458 e. The molecule has 0 saturated heterocycles. The number of carbonyl (C=O) groups excluding carboxylic acids is 2. The van der Waals surface area contributed by atoms with Gasteiger partial charge in [-0.15, -0.1) is 11.3 Å². The summed E-state index contributed by atoms with van der Waals surface area (Å²) in [4.78, 5) is 30.5. The molecule has 5 atom stereocenters. The third-order valence-corrected chi connectivity index (χ3v) is 7.93. The number of hydrogen-bond acceptors (Lipinski definition) is 8. The van der Waals surface area contributed by atoms with Crippen LogP contribution in [0.4, 0.5) is 0 Å². The molecule has 2 rings (SSSR count). The highest BCUT2D eigenvalue weighted by Gasteiger charge is 2.43. The number of thiazole rings is 1. The number of ketones is 1. The number of Topliss-reactive ketones (excluding diaryl/α,β-unsaturated/α-hetero) is 1. The van der Waals surface area contributed by atoms with Crippen molar-refractivity contribution in [2.45, 2.75) is 98.0 Å². The number of aliphatic hydroxyl groups is 2. The molecule has 2 unspecified atom stereocenters. The van der Waals surface area contributed by atoms with Crippen molar-refractivity contribution in [3.63, 3.8) is 0 Å². The number of carbonyl (C=O) groups is 2. The van der Waals surface area contributed by atoms with Crippen molar-refractivity contribution in [1.82, 2.24) is 4.98 Å². The van der Waals surface area contributed by atoms with E-state index in [1.165, 1.54) is 16.9 Å². The molecule has 7 nitrogen and oxygen atoms in total. The number of ether oxygens (including phenoxy) is 1. The summed E-state index contributed by atoms with van der Waals surface area (Å²) in [6.45, 7) is 9.54. The average Bonchev–Trinajstić information content (AvgIpc) is 3.28. The van der Waals surface area contributed by atoms with Crippen LogP contribution in [0.25, 0.3) is 6.08 Å². The molecule has 1 aromatic heterocycles. The quantitative estimate of drug-likeness (QED) is 0.408.